The molecule has 136 valence electrons. The lowest BCUT2D eigenvalue weighted by molar-refractivity contribution is 0.601. The maximum atomic E-state index is 12.5. The average molecular weight is 378 g/mol. The van der Waals surface area contributed by atoms with E-state index in [2.05, 4.69) is 21.1 Å². The summed E-state index contributed by atoms with van der Waals surface area (Å²) in [5.41, 5.74) is 3.58. The molecule has 0 radical (unpaired) electrons. The molecular formula is C20H18N4O2S. The van der Waals surface area contributed by atoms with Gasteiger partial charge in [-0.15, -0.1) is 0 Å². The van der Waals surface area contributed by atoms with Crippen molar-refractivity contribution >= 4 is 27.2 Å². The van der Waals surface area contributed by atoms with Crippen molar-refractivity contribution in [2.75, 3.05) is 10.0 Å². The molecule has 0 unspecified atom stereocenters. The van der Waals surface area contributed by atoms with Crippen LogP contribution in [0.1, 0.15) is 16.7 Å². The van der Waals surface area contributed by atoms with Gasteiger partial charge >= 0.3 is 0 Å². The second-order valence-corrected chi connectivity index (χ2v) is 7.78. The highest BCUT2D eigenvalue weighted by Crippen LogP contribution is 2.21. The Morgan fingerprint density at radius 3 is 2.44 bits per heavy atom. The molecule has 0 amide bonds. The first-order valence-corrected chi connectivity index (χ1v) is 9.69. The van der Waals surface area contributed by atoms with Crippen LogP contribution in [0.2, 0.25) is 0 Å². The predicted molar refractivity (Wildman–Crippen MR) is 105 cm³/mol. The van der Waals surface area contributed by atoms with Crippen LogP contribution in [0.4, 0.5) is 17.2 Å². The van der Waals surface area contributed by atoms with Crippen molar-refractivity contribution in [1.29, 1.82) is 5.26 Å². The van der Waals surface area contributed by atoms with E-state index in [1.807, 2.05) is 19.9 Å². The fourth-order valence-corrected chi connectivity index (χ4v) is 3.57. The summed E-state index contributed by atoms with van der Waals surface area (Å²) < 4.78 is 27.6. The van der Waals surface area contributed by atoms with Gasteiger partial charge in [-0.05, 0) is 67.4 Å². The summed E-state index contributed by atoms with van der Waals surface area (Å²) in [5.74, 6) is 0.541. The zero-order chi connectivity index (χ0) is 19.4. The Hall–Kier alpha value is -3.37. The molecule has 2 N–H and O–H groups in total. The number of hydrogen-bond acceptors (Lipinski definition) is 5. The first-order valence-electron chi connectivity index (χ1n) is 8.21. The summed E-state index contributed by atoms with van der Waals surface area (Å²) in [6.45, 7) is 3.80. The summed E-state index contributed by atoms with van der Waals surface area (Å²) in [4.78, 5) is 4.43. The molecule has 0 spiro atoms. The van der Waals surface area contributed by atoms with Gasteiger partial charge in [0.15, 0.2) is 0 Å². The molecule has 0 aliphatic carbocycles. The molecule has 2 aromatic carbocycles. The van der Waals surface area contributed by atoms with Crippen LogP contribution in [0.15, 0.2) is 65.7 Å². The number of nitrogens with one attached hydrogen (secondary N) is 2. The van der Waals surface area contributed by atoms with Gasteiger partial charge in [-0.1, -0.05) is 12.1 Å². The highest BCUT2D eigenvalue weighted by molar-refractivity contribution is 7.92. The number of nitriles is 1. The number of aromatic nitrogens is 1. The third kappa shape index (κ3) is 4.43. The quantitative estimate of drug-likeness (QED) is 0.696. The van der Waals surface area contributed by atoms with Crippen LogP contribution in [-0.4, -0.2) is 13.4 Å². The summed E-state index contributed by atoms with van der Waals surface area (Å²) in [5, 5.41) is 12.0. The lowest BCUT2D eigenvalue weighted by Gasteiger charge is -2.10. The fraction of sp³-hybridized carbons (Fsp3) is 0.100. The van der Waals surface area contributed by atoms with Gasteiger partial charge in [0.1, 0.15) is 5.82 Å². The van der Waals surface area contributed by atoms with E-state index in [-0.39, 0.29) is 4.90 Å². The van der Waals surface area contributed by atoms with Crippen molar-refractivity contribution in [2.45, 2.75) is 18.7 Å². The molecule has 3 aromatic rings. The second kappa shape index (κ2) is 7.48. The highest BCUT2D eigenvalue weighted by atomic mass is 32.2. The molecule has 1 heterocycles. The van der Waals surface area contributed by atoms with Crippen molar-refractivity contribution in [1.82, 2.24) is 4.98 Å². The number of hydrogen-bond donors (Lipinski definition) is 2. The predicted octanol–water partition coefficient (Wildman–Crippen LogP) is 4.11. The van der Waals surface area contributed by atoms with Crippen LogP contribution < -0.4 is 10.0 Å². The summed E-state index contributed by atoms with van der Waals surface area (Å²) in [7, 11) is -3.68. The molecule has 0 saturated carbocycles. The van der Waals surface area contributed by atoms with E-state index in [0.29, 0.717) is 17.1 Å². The van der Waals surface area contributed by atoms with Gasteiger partial charge in [-0.25, -0.2) is 13.4 Å². The molecule has 7 heteroatoms. The molecule has 3 rings (SSSR count). The number of nitrogens with zero attached hydrogens (tertiary/aromatic N) is 2. The first kappa shape index (κ1) is 18.4. The monoisotopic (exact) mass is 378 g/mol. The SMILES string of the molecule is Cc1ccc(S(=O)(=O)Nc2ccc(Nc3cccc(C#N)c3)nc2)cc1C. The van der Waals surface area contributed by atoms with Crippen LogP contribution in [0, 0.1) is 25.2 Å². The summed E-state index contributed by atoms with van der Waals surface area (Å²) in [6.07, 6.45) is 1.44. The number of anilines is 3. The van der Waals surface area contributed by atoms with Crippen LogP contribution in [0.25, 0.3) is 0 Å². The van der Waals surface area contributed by atoms with E-state index in [0.717, 1.165) is 16.8 Å². The molecule has 1 aromatic heterocycles. The highest BCUT2D eigenvalue weighted by Gasteiger charge is 2.15. The Morgan fingerprint density at radius 1 is 0.963 bits per heavy atom. The van der Waals surface area contributed by atoms with Crippen molar-refractivity contribution in [2.24, 2.45) is 0 Å². The molecule has 0 saturated heterocycles. The Bertz CT molecular complexity index is 1120. The second-order valence-electron chi connectivity index (χ2n) is 6.10. The maximum absolute atomic E-state index is 12.5. The first-order chi connectivity index (χ1) is 12.9. The van der Waals surface area contributed by atoms with Crippen molar-refractivity contribution in [3.05, 3.63) is 77.5 Å². The Kier molecular flexibility index (Phi) is 5.10. The molecule has 0 bridgehead atoms. The zero-order valence-electron chi connectivity index (χ0n) is 14.9. The van der Waals surface area contributed by atoms with Crippen LogP contribution >= 0.6 is 0 Å². The summed E-state index contributed by atoms with van der Waals surface area (Å²) in [6, 6.07) is 17.4. The van der Waals surface area contributed by atoms with E-state index in [4.69, 9.17) is 5.26 Å². The number of aryl methyl sites for hydroxylation is 2. The topological polar surface area (TPSA) is 94.9 Å². The molecule has 0 aliphatic rings. The minimum Gasteiger partial charge on any atom is -0.340 e. The summed E-state index contributed by atoms with van der Waals surface area (Å²) >= 11 is 0. The zero-order valence-corrected chi connectivity index (χ0v) is 15.7. The minimum atomic E-state index is -3.68. The van der Waals surface area contributed by atoms with Gasteiger partial charge in [-0.3, -0.25) is 4.72 Å². The van der Waals surface area contributed by atoms with Crippen LogP contribution in [0.5, 0.6) is 0 Å². The Labute approximate surface area is 158 Å². The molecule has 0 atom stereocenters. The van der Waals surface area contributed by atoms with Gasteiger partial charge in [0.2, 0.25) is 0 Å². The third-order valence-corrected chi connectivity index (χ3v) is 5.45. The minimum absolute atomic E-state index is 0.209. The average Bonchev–Trinajstić information content (AvgIpc) is 2.65. The van der Waals surface area contributed by atoms with Gasteiger partial charge in [0.25, 0.3) is 10.0 Å². The van der Waals surface area contributed by atoms with Crippen LogP contribution in [0.3, 0.4) is 0 Å². The van der Waals surface area contributed by atoms with Gasteiger partial charge in [-0.2, -0.15) is 5.26 Å². The normalized spacial score (nSPS) is 10.9. The fourth-order valence-electron chi connectivity index (χ4n) is 2.44. The standard InChI is InChI=1S/C20H18N4O2S/c1-14-6-8-19(10-15(14)2)27(25,26)24-18-7-9-20(22-13-18)23-17-5-3-4-16(11-17)12-21/h3-11,13,24H,1-2H3,(H,22,23). The number of pyridine rings is 1. The van der Waals surface area contributed by atoms with Gasteiger partial charge in [0.05, 0.1) is 28.4 Å². The van der Waals surface area contributed by atoms with E-state index in [1.165, 1.54) is 6.20 Å². The van der Waals surface area contributed by atoms with E-state index in [9.17, 15) is 8.42 Å². The molecule has 0 fully saturated rings. The van der Waals surface area contributed by atoms with Gasteiger partial charge < -0.3 is 5.32 Å². The molecule has 6 nitrogen and oxygen atoms in total. The molecule has 0 aliphatic heterocycles. The van der Waals surface area contributed by atoms with Crippen molar-refractivity contribution in [3.63, 3.8) is 0 Å². The third-order valence-electron chi connectivity index (χ3n) is 4.07. The van der Waals surface area contributed by atoms with Crippen molar-refractivity contribution < 1.29 is 8.42 Å². The molecule has 27 heavy (non-hydrogen) atoms. The Balaban J connectivity index is 1.75. The maximum Gasteiger partial charge on any atom is 0.261 e. The lowest BCUT2D eigenvalue weighted by atomic mass is 10.1. The smallest absolute Gasteiger partial charge is 0.261 e. The van der Waals surface area contributed by atoms with E-state index < -0.39 is 10.0 Å². The molecular weight excluding hydrogens is 360 g/mol. The van der Waals surface area contributed by atoms with Crippen LogP contribution in [-0.2, 0) is 10.0 Å². The van der Waals surface area contributed by atoms with Crippen molar-refractivity contribution in [3.8, 4) is 6.07 Å². The van der Waals surface area contributed by atoms with E-state index in [1.54, 1.807) is 48.5 Å². The number of rotatable bonds is 5. The lowest BCUT2D eigenvalue weighted by Crippen LogP contribution is -2.13. The Morgan fingerprint density at radius 2 is 1.78 bits per heavy atom. The largest absolute Gasteiger partial charge is 0.340 e. The van der Waals surface area contributed by atoms with E-state index >= 15 is 0 Å². The number of benzene rings is 2. The number of sulfonamides is 1. The van der Waals surface area contributed by atoms with Gasteiger partial charge in [0, 0.05) is 5.69 Å².